The number of aromatic nitrogens is 3. The second-order valence-electron chi connectivity index (χ2n) is 3.98. The van der Waals surface area contributed by atoms with Crippen LogP contribution >= 0.6 is 11.9 Å². The molecular weight excluding hydrogens is 266 g/mol. The first kappa shape index (κ1) is 13.7. The Kier molecular flexibility index (Phi) is 4.31. The molecule has 1 saturated heterocycles. The zero-order valence-electron chi connectivity index (χ0n) is 10.9. The Balaban J connectivity index is 2.15. The van der Waals surface area contributed by atoms with Gasteiger partial charge in [0.05, 0.1) is 0 Å². The number of amides is 2. The van der Waals surface area contributed by atoms with Crippen molar-refractivity contribution in [3.63, 3.8) is 0 Å². The van der Waals surface area contributed by atoms with Crippen molar-refractivity contribution in [2.45, 2.75) is 31.7 Å². The van der Waals surface area contributed by atoms with Gasteiger partial charge in [-0.15, -0.1) is 10.2 Å². The van der Waals surface area contributed by atoms with Crippen LogP contribution in [0.5, 0.6) is 0 Å². The van der Waals surface area contributed by atoms with Crippen LogP contribution in [-0.4, -0.2) is 44.6 Å². The van der Waals surface area contributed by atoms with Crippen molar-refractivity contribution >= 4 is 29.6 Å². The van der Waals surface area contributed by atoms with Gasteiger partial charge in [0.1, 0.15) is 5.03 Å². The average Bonchev–Trinajstić information content (AvgIpc) is 2.73. The highest BCUT2D eigenvalue weighted by molar-refractivity contribution is 7.98. The van der Waals surface area contributed by atoms with E-state index in [1.54, 1.807) is 6.07 Å². The zero-order valence-corrected chi connectivity index (χ0v) is 11.7. The van der Waals surface area contributed by atoms with Gasteiger partial charge in [-0.3, -0.25) is 9.59 Å². The van der Waals surface area contributed by atoms with Gasteiger partial charge in [-0.05, 0) is 19.1 Å². The molecule has 2 heterocycles. The molecule has 1 aliphatic heterocycles. The van der Waals surface area contributed by atoms with Crippen LogP contribution in [0.3, 0.4) is 0 Å². The molecule has 0 bridgehead atoms. The van der Waals surface area contributed by atoms with Crippen LogP contribution in [0.15, 0.2) is 11.1 Å². The third-order valence-electron chi connectivity index (χ3n) is 2.82. The summed E-state index contributed by atoms with van der Waals surface area (Å²) >= 11 is 1.01. The Labute approximate surface area is 115 Å². The average molecular weight is 281 g/mol. The standard InChI is InChI=1S/C11H15N5O2S/c1-3-15(4-2)8-7-9(13-14-12-8)19-16-10(17)5-6-11(16)18/h7H,3-6H2,1-2H3. The van der Waals surface area contributed by atoms with Crippen molar-refractivity contribution in [1.29, 1.82) is 0 Å². The quantitative estimate of drug-likeness (QED) is 0.585. The third kappa shape index (κ3) is 3.01. The van der Waals surface area contributed by atoms with Gasteiger partial charge in [0.2, 0.25) is 11.8 Å². The molecule has 102 valence electrons. The van der Waals surface area contributed by atoms with Crippen molar-refractivity contribution in [3.8, 4) is 0 Å². The van der Waals surface area contributed by atoms with Gasteiger partial charge in [-0.2, -0.15) is 0 Å². The second-order valence-corrected chi connectivity index (χ2v) is 4.94. The number of nitrogens with zero attached hydrogens (tertiary/aromatic N) is 5. The molecule has 0 spiro atoms. The zero-order chi connectivity index (χ0) is 13.8. The van der Waals surface area contributed by atoms with E-state index in [-0.39, 0.29) is 24.7 Å². The van der Waals surface area contributed by atoms with Gasteiger partial charge in [-0.25, -0.2) is 4.31 Å². The molecular formula is C11H15N5O2S. The van der Waals surface area contributed by atoms with Crippen molar-refractivity contribution in [2.75, 3.05) is 18.0 Å². The van der Waals surface area contributed by atoms with E-state index in [1.807, 2.05) is 18.7 Å². The monoisotopic (exact) mass is 281 g/mol. The maximum atomic E-state index is 11.5. The largest absolute Gasteiger partial charge is 0.356 e. The molecule has 0 saturated carbocycles. The Morgan fingerprint density at radius 2 is 1.84 bits per heavy atom. The molecule has 7 nitrogen and oxygen atoms in total. The van der Waals surface area contributed by atoms with Crippen LogP contribution < -0.4 is 4.90 Å². The van der Waals surface area contributed by atoms with Crippen molar-refractivity contribution in [3.05, 3.63) is 6.07 Å². The van der Waals surface area contributed by atoms with Gasteiger partial charge >= 0.3 is 0 Å². The van der Waals surface area contributed by atoms with Crippen LogP contribution in [0.2, 0.25) is 0 Å². The highest BCUT2D eigenvalue weighted by atomic mass is 32.2. The van der Waals surface area contributed by atoms with Gasteiger partial charge in [-0.1, -0.05) is 0 Å². The molecule has 2 rings (SSSR count). The van der Waals surface area contributed by atoms with E-state index in [4.69, 9.17) is 0 Å². The Morgan fingerprint density at radius 1 is 1.21 bits per heavy atom. The van der Waals surface area contributed by atoms with E-state index in [2.05, 4.69) is 15.4 Å². The first-order valence-electron chi connectivity index (χ1n) is 6.14. The van der Waals surface area contributed by atoms with Crippen LogP contribution in [-0.2, 0) is 9.59 Å². The van der Waals surface area contributed by atoms with Crippen molar-refractivity contribution in [1.82, 2.24) is 19.7 Å². The third-order valence-corrected chi connectivity index (χ3v) is 3.80. The second kappa shape index (κ2) is 5.96. The number of carbonyl (C=O) groups excluding carboxylic acids is 2. The summed E-state index contributed by atoms with van der Waals surface area (Å²) in [5.74, 6) is 0.331. The minimum atomic E-state index is -0.182. The molecule has 0 atom stereocenters. The molecule has 1 aromatic rings. The molecule has 1 fully saturated rings. The summed E-state index contributed by atoms with van der Waals surface area (Å²) in [6, 6.07) is 1.74. The molecule has 0 unspecified atom stereocenters. The lowest BCUT2D eigenvalue weighted by Crippen LogP contribution is -2.24. The number of hydrogen-bond acceptors (Lipinski definition) is 7. The van der Waals surface area contributed by atoms with E-state index >= 15 is 0 Å². The molecule has 19 heavy (non-hydrogen) atoms. The molecule has 0 aliphatic carbocycles. The first-order chi connectivity index (χ1) is 9.15. The number of hydrogen-bond donors (Lipinski definition) is 0. The Morgan fingerprint density at radius 3 is 2.42 bits per heavy atom. The summed E-state index contributed by atoms with van der Waals surface area (Å²) in [5.41, 5.74) is 0. The number of rotatable bonds is 5. The van der Waals surface area contributed by atoms with E-state index in [9.17, 15) is 9.59 Å². The fraction of sp³-hybridized carbons (Fsp3) is 0.545. The highest BCUT2D eigenvalue weighted by Gasteiger charge is 2.30. The molecule has 2 amide bonds. The SMILES string of the molecule is CCN(CC)c1cc(SN2C(=O)CCC2=O)nnn1. The molecule has 1 aliphatic rings. The lowest BCUT2D eigenvalue weighted by molar-refractivity contribution is -0.131. The number of anilines is 1. The van der Waals surface area contributed by atoms with Gasteiger partial charge in [0, 0.05) is 43.9 Å². The van der Waals surface area contributed by atoms with Gasteiger partial charge < -0.3 is 4.90 Å². The molecule has 0 aromatic carbocycles. The van der Waals surface area contributed by atoms with Crippen LogP contribution in [0.25, 0.3) is 0 Å². The predicted molar refractivity (Wildman–Crippen MR) is 70.3 cm³/mol. The fourth-order valence-electron chi connectivity index (χ4n) is 1.78. The summed E-state index contributed by atoms with van der Waals surface area (Å²) in [6.45, 7) is 5.65. The van der Waals surface area contributed by atoms with E-state index in [0.29, 0.717) is 10.8 Å². The molecule has 8 heteroatoms. The fourth-order valence-corrected chi connectivity index (χ4v) is 2.58. The molecule has 0 N–H and O–H groups in total. The lowest BCUT2D eigenvalue weighted by Gasteiger charge is -2.19. The van der Waals surface area contributed by atoms with Crippen LogP contribution in [0, 0.1) is 0 Å². The minimum absolute atomic E-state index is 0.182. The number of imide groups is 1. The van der Waals surface area contributed by atoms with Crippen LogP contribution in [0.4, 0.5) is 5.82 Å². The van der Waals surface area contributed by atoms with Gasteiger partial charge in [0.15, 0.2) is 5.82 Å². The first-order valence-corrected chi connectivity index (χ1v) is 6.92. The number of carbonyl (C=O) groups is 2. The topological polar surface area (TPSA) is 79.3 Å². The molecule has 0 radical (unpaired) electrons. The summed E-state index contributed by atoms with van der Waals surface area (Å²) in [4.78, 5) is 25.1. The summed E-state index contributed by atoms with van der Waals surface area (Å²) < 4.78 is 1.15. The van der Waals surface area contributed by atoms with E-state index in [0.717, 1.165) is 29.3 Å². The maximum Gasteiger partial charge on any atom is 0.240 e. The summed E-state index contributed by atoms with van der Waals surface area (Å²) in [5, 5.41) is 12.0. The van der Waals surface area contributed by atoms with E-state index < -0.39 is 0 Å². The van der Waals surface area contributed by atoms with Crippen molar-refractivity contribution < 1.29 is 9.59 Å². The Bertz CT molecular complexity index is 476. The van der Waals surface area contributed by atoms with Crippen LogP contribution in [0.1, 0.15) is 26.7 Å². The lowest BCUT2D eigenvalue weighted by atomic mass is 10.4. The molecule has 1 aromatic heterocycles. The summed E-state index contributed by atoms with van der Waals surface area (Å²) in [6.07, 6.45) is 0.542. The Hall–Kier alpha value is -1.70. The normalized spacial score (nSPS) is 15.2. The smallest absolute Gasteiger partial charge is 0.240 e. The van der Waals surface area contributed by atoms with E-state index in [1.165, 1.54) is 0 Å². The highest BCUT2D eigenvalue weighted by Crippen LogP contribution is 2.28. The summed E-state index contributed by atoms with van der Waals surface area (Å²) in [7, 11) is 0. The van der Waals surface area contributed by atoms with Crippen molar-refractivity contribution in [2.24, 2.45) is 0 Å². The predicted octanol–water partition coefficient (Wildman–Crippen LogP) is 0.874. The maximum absolute atomic E-state index is 11.5. The van der Waals surface area contributed by atoms with Gasteiger partial charge in [0.25, 0.3) is 0 Å². The minimum Gasteiger partial charge on any atom is -0.356 e.